The summed E-state index contributed by atoms with van der Waals surface area (Å²) in [5, 5.41) is 1.11. The zero-order valence-electron chi connectivity index (χ0n) is 8.40. The van der Waals surface area contributed by atoms with Gasteiger partial charge >= 0.3 is 0 Å². The Morgan fingerprint density at radius 1 is 1.44 bits per heavy atom. The summed E-state index contributed by atoms with van der Waals surface area (Å²) in [4.78, 5) is 18.3. The van der Waals surface area contributed by atoms with E-state index in [9.17, 15) is 4.79 Å². The molecule has 0 bridgehead atoms. The smallest absolute Gasteiger partial charge is 0.266 e. The number of rotatable bonds is 0. The van der Waals surface area contributed by atoms with Crippen LogP contribution < -0.4 is 5.56 Å². The summed E-state index contributed by atoms with van der Waals surface area (Å²) in [5.74, 6) is 0. The van der Waals surface area contributed by atoms with E-state index in [4.69, 9.17) is 11.6 Å². The van der Waals surface area contributed by atoms with E-state index in [0.29, 0.717) is 15.9 Å². The van der Waals surface area contributed by atoms with Crippen LogP contribution in [-0.2, 0) is 0 Å². The minimum atomic E-state index is -0.0631. The Kier molecular flexibility index (Phi) is 2.02. The highest BCUT2D eigenvalue weighted by Gasteiger charge is 2.07. The van der Waals surface area contributed by atoms with Crippen molar-refractivity contribution >= 4 is 38.8 Å². The maximum Gasteiger partial charge on any atom is 0.266 e. The summed E-state index contributed by atoms with van der Waals surface area (Å²) in [6, 6.07) is 5.17. The number of halogens is 1. The van der Waals surface area contributed by atoms with Gasteiger partial charge in [0.05, 0.1) is 10.9 Å². The molecule has 0 radical (unpaired) electrons. The first-order valence-electron chi connectivity index (χ1n) is 4.73. The third-order valence-corrected chi connectivity index (χ3v) is 3.53. The second-order valence-electron chi connectivity index (χ2n) is 3.57. The van der Waals surface area contributed by atoms with Gasteiger partial charge in [0.25, 0.3) is 5.56 Å². The second kappa shape index (κ2) is 3.30. The van der Waals surface area contributed by atoms with Crippen LogP contribution in [0, 0.1) is 6.92 Å². The van der Waals surface area contributed by atoms with Crippen molar-refractivity contribution < 1.29 is 0 Å². The van der Waals surface area contributed by atoms with E-state index < -0.39 is 0 Å². The van der Waals surface area contributed by atoms with E-state index in [0.717, 1.165) is 9.84 Å². The van der Waals surface area contributed by atoms with Crippen LogP contribution in [-0.4, -0.2) is 9.38 Å². The molecule has 0 N–H and O–H groups in total. The van der Waals surface area contributed by atoms with Gasteiger partial charge in [0.1, 0.15) is 0 Å². The normalized spacial score (nSPS) is 11.4. The molecule has 0 amide bonds. The van der Waals surface area contributed by atoms with Gasteiger partial charge in [-0.15, -0.1) is 11.3 Å². The highest BCUT2D eigenvalue weighted by Crippen LogP contribution is 2.19. The zero-order valence-corrected chi connectivity index (χ0v) is 9.97. The highest BCUT2D eigenvalue weighted by atomic mass is 35.5. The Labute approximate surface area is 99.9 Å². The Morgan fingerprint density at radius 2 is 2.25 bits per heavy atom. The van der Waals surface area contributed by atoms with Crippen molar-refractivity contribution in [3.05, 3.63) is 44.6 Å². The van der Waals surface area contributed by atoms with Crippen LogP contribution in [0.3, 0.4) is 0 Å². The van der Waals surface area contributed by atoms with Crippen molar-refractivity contribution in [1.82, 2.24) is 9.38 Å². The van der Waals surface area contributed by atoms with Gasteiger partial charge < -0.3 is 0 Å². The van der Waals surface area contributed by atoms with Crippen LogP contribution in [0.15, 0.2) is 29.2 Å². The fourth-order valence-corrected chi connectivity index (χ4v) is 2.68. The van der Waals surface area contributed by atoms with Crippen LogP contribution in [0.5, 0.6) is 0 Å². The van der Waals surface area contributed by atoms with E-state index in [-0.39, 0.29) is 5.56 Å². The summed E-state index contributed by atoms with van der Waals surface area (Å²) in [7, 11) is 0. The predicted molar refractivity (Wildman–Crippen MR) is 66.6 cm³/mol. The topological polar surface area (TPSA) is 34.4 Å². The van der Waals surface area contributed by atoms with Crippen LogP contribution in [0.2, 0.25) is 5.02 Å². The minimum Gasteiger partial charge on any atom is -0.268 e. The Hall–Kier alpha value is -1.39. The van der Waals surface area contributed by atoms with E-state index >= 15 is 0 Å². The average molecular weight is 251 g/mol. The SMILES string of the molecule is Cc1cn2c(=O)c3cc(Cl)ccc3nc2s1. The monoisotopic (exact) mass is 250 g/mol. The largest absolute Gasteiger partial charge is 0.268 e. The maximum atomic E-state index is 12.1. The average Bonchev–Trinajstić information content (AvgIpc) is 2.61. The number of aromatic nitrogens is 2. The standard InChI is InChI=1S/C11H7ClN2OS/c1-6-5-14-10(15)8-4-7(12)2-3-9(8)13-11(14)16-6/h2-5H,1H3. The quantitative estimate of drug-likeness (QED) is 0.615. The Balaban J connectivity index is 2.60. The van der Waals surface area contributed by atoms with E-state index in [1.165, 1.54) is 11.3 Å². The molecule has 0 spiro atoms. The minimum absolute atomic E-state index is 0.0631. The first kappa shape index (κ1) is 9.81. The highest BCUT2D eigenvalue weighted by molar-refractivity contribution is 7.17. The lowest BCUT2D eigenvalue weighted by Gasteiger charge is -1.98. The molecule has 3 nitrogen and oxygen atoms in total. The molecule has 0 saturated carbocycles. The van der Waals surface area contributed by atoms with Crippen LogP contribution in [0.1, 0.15) is 4.88 Å². The van der Waals surface area contributed by atoms with Gasteiger partial charge in [-0.25, -0.2) is 4.98 Å². The zero-order chi connectivity index (χ0) is 11.3. The summed E-state index contributed by atoms with van der Waals surface area (Å²) < 4.78 is 1.57. The third-order valence-electron chi connectivity index (χ3n) is 2.39. The first-order chi connectivity index (χ1) is 7.65. The van der Waals surface area contributed by atoms with Gasteiger partial charge in [0.15, 0.2) is 4.96 Å². The Morgan fingerprint density at radius 3 is 3.06 bits per heavy atom. The van der Waals surface area contributed by atoms with E-state index in [2.05, 4.69) is 4.98 Å². The fourth-order valence-electron chi connectivity index (χ4n) is 1.69. The molecule has 1 aromatic carbocycles. The molecule has 0 fully saturated rings. The van der Waals surface area contributed by atoms with Gasteiger partial charge in [-0.2, -0.15) is 0 Å². The van der Waals surface area contributed by atoms with Crippen molar-refractivity contribution in [3.63, 3.8) is 0 Å². The van der Waals surface area contributed by atoms with Crippen molar-refractivity contribution in [1.29, 1.82) is 0 Å². The molecule has 2 aromatic heterocycles. The van der Waals surface area contributed by atoms with Crippen molar-refractivity contribution in [2.24, 2.45) is 0 Å². The molecule has 0 aliphatic rings. The van der Waals surface area contributed by atoms with Crippen LogP contribution >= 0.6 is 22.9 Å². The van der Waals surface area contributed by atoms with Crippen molar-refractivity contribution in [3.8, 4) is 0 Å². The number of hydrogen-bond donors (Lipinski definition) is 0. The lowest BCUT2D eigenvalue weighted by Crippen LogP contribution is -2.12. The molecule has 2 heterocycles. The van der Waals surface area contributed by atoms with Gasteiger partial charge in [-0.1, -0.05) is 11.6 Å². The number of thiazole rings is 1. The number of nitrogens with zero attached hydrogens (tertiary/aromatic N) is 2. The lowest BCUT2D eigenvalue weighted by atomic mass is 10.2. The molecular formula is C11H7ClN2OS. The van der Waals surface area contributed by atoms with Gasteiger partial charge in [-0.05, 0) is 25.1 Å². The van der Waals surface area contributed by atoms with Crippen LogP contribution in [0.25, 0.3) is 15.9 Å². The molecule has 3 aromatic rings. The molecule has 0 saturated heterocycles. The molecule has 0 aliphatic carbocycles. The number of hydrogen-bond acceptors (Lipinski definition) is 3. The third kappa shape index (κ3) is 1.34. The van der Waals surface area contributed by atoms with Crippen molar-refractivity contribution in [2.45, 2.75) is 6.92 Å². The first-order valence-corrected chi connectivity index (χ1v) is 5.93. The molecular weight excluding hydrogens is 244 g/mol. The molecule has 16 heavy (non-hydrogen) atoms. The van der Waals surface area contributed by atoms with Crippen LogP contribution in [0.4, 0.5) is 0 Å². The number of aryl methyl sites for hydroxylation is 1. The molecule has 0 aliphatic heterocycles. The molecule has 0 atom stereocenters. The van der Waals surface area contributed by atoms with E-state index in [1.54, 1.807) is 28.8 Å². The lowest BCUT2D eigenvalue weighted by molar-refractivity contribution is 1.11. The van der Waals surface area contributed by atoms with E-state index in [1.807, 2.05) is 6.92 Å². The summed E-state index contributed by atoms with van der Waals surface area (Å²) in [6.07, 6.45) is 1.80. The van der Waals surface area contributed by atoms with Gasteiger partial charge in [0, 0.05) is 16.1 Å². The second-order valence-corrected chi connectivity index (χ2v) is 5.22. The summed E-state index contributed by atoms with van der Waals surface area (Å²) in [6.45, 7) is 1.95. The number of benzene rings is 1. The molecule has 80 valence electrons. The molecule has 5 heteroatoms. The predicted octanol–water partition coefficient (Wildman–Crippen LogP) is 2.87. The fraction of sp³-hybridized carbons (Fsp3) is 0.0909. The van der Waals surface area contributed by atoms with Gasteiger partial charge in [-0.3, -0.25) is 9.20 Å². The molecule has 0 unspecified atom stereocenters. The maximum absolute atomic E-state index is 12.1. The summed E-state index contributed by atoms with van der Waals surface area (Å²) >= 11 is 7.38. The summed E-state index contributed by atoms with van der Waals surface area (Å²) in [5.41, 5.74) is 0.628. The Bertz CT molecular complexity index is 760. The molecule has 3 rings (SSSR count). The van der Waals surface area contributed by atoms with Gasteiger partial charge in [0.2, 0.25) is 0 Å². The van der Waals surface area contributed by atoms with Crippen molar-refractivity contribution in [2.75, 3.05) is 0 Å². The number of fused-ring (bicyclic) bond motifs is 2.